The number of benzene rings is 1. The predicted octanol–water partition coefficient (Wildman–Crippen LogP) is 2.95. The fraction of sp³-hybridized carbons (Fsp3) is 0.643. The van der Waals surface area contributed by atoms with Gasteiger partial charge < -0.3 is 20.1 Å². The molecule has 0 radical (unpaired) electrons. The summed E-state index contributed by atoms with van der Waals surface area (Å²) in [4.78, 5) is 18.5. The van der Waals surface area contributed by atoms with Crippen molar-refractivity contribution >= 4 is 33.5 Å². The molecule has 9 nitrogen and oxygen atoms in total. The number of carbonyl (C=O) groups is 1. The van der Waals surface area contributed by atoms with E-state index >= 15 is 0 Å². The number of aryl methyl sites for hydroxylation is 2. The number of morpholine rings is 1. The fourth-order valence-electron chi connectivity index (χ4n) is 6.27. The molecular weight excluding hydrogens is 504 g/mol. The maximum absolute atomic E-state index is 13.2. The molecule has 10 heteroatoms. The topological polar surface area (TPSA) is 112 Å². The average Bonchev–Trinajstić information content (AvgIpc) is 3.19. The molecule has 3 aliphatic heterocycles. The molecule has 1 aliphatic carbocycles. The van der Waals surface area contributed by atoms with Gasteiger partial charge in [-0.1, -0.05) is 19.8 Å². The molecule has 5 rings (SSSR count). The van der Waals surface area contributed by atoms with Crippen LogP contribution in [0.2, 0.25) is 0 Å². The second kappa shape index (κ2) is 10.7. The van der Waals surface area contributed by atoms with E-state index in [0.29, 0.717) is 45.0 Å². The Morgan fingerprint density at radius 1 is 1.11 bits per heavy atom. The van der Waals surface area contributed by atoms with Crippen molar-refractivity contribution in [2.24, 2.45) is 16.8 Å². The lowest BCUT2D eigenvalue weighted by atomic mass is 9.81. The number of anilines is 1. The minimum atomic E-state index is -3.63. The molecule has 0 bridgehead atoms. The number of aliphatic imine (C=N–C) groups is 1. The van der Waals surface area contributed by atoms with E-state index in [1.54, 1.807) is 11.0 Å². The van der Waals surface area contributed by atoms with Crippen molar-refractivity contribution in [3.8, 4) is 0 Å². The van der Waals surface area contributed by atoms with E-state index in [1.807, 2.05) is 26.0 Å². The number of piperidine rings is 1. The maximum atomic E-state index is 13.2. The predicted molar refractivity (Wildman–Crippen MR) is 148 cm³/mol. The van der Waals surface area contributed by atoms with Gasteiger partial charge in [0.15, 0.2) is 6.23 Å². The van der Waals surface area contributed by atoms with E-state index in [-0.39, 0.29) is 12.5 Å². The van der Waals surface area contributed by atoms with Gasteiger partial charge in [0, 0.05) is 36.6 Å². The summed E-state index contributed by atoms with van der Waals surface area (Å²) >= 11 is 0. The maximum Gasteiger partial charge on any atom is 0.253 e. The van der Waals surface area contributed by atoms with Crippen LogP contribution in [0.4, 0.5) is 5.69 Å². The number of rotatable bonds is 5. The van der Waals surface area contributed by atoms with Gasteiger partial charge in [-0.3, -0.25) is 4.79 Å². The number of aliphatic hydroxyl groups is 1. The zero-order valence-corrected chi connectivity index (χ0v) is 23.5. The van der Waals surface area contributed by atoms with E-state index in [2.05, 4.69) is 17.2 Å². The van der Waals surface area contributed by atoms with Crippen LogP contribution in [0.3, 0.4) is 0 Å². The van der Waals surface area contributed by atoms with Crippen LogP contribution in [0.25, 0.3) is 6.08 Å². The van der Waals surface area contributed by atoms with Crippen molar-refractivity contribution in [2.45, 2.75) is 71.1 Å². The first kappa shape index (κ1) is 27.3. The van der Waals surface area contributed by atoms with Crippen molar-refractivity contribution in [3.63, 3.8) is 0 Å². The Hall–Kier alpha value is -2.27. The summed E-state index contributed by atoms with van der Waals surface area (Å²) in [6.07, 6.45) is 6.38. The first-order valence-corrected chi connectivity index (χ1v) is 15.3. The number of nitrogens with zero attached hydrogens (tertiary/aromatic N) is 3. The quantitative estimate of drug-likeness (QED) is 0.590. The normalized spacial score (nSPS) is 28.6. The van der Waals surface area contributed by atoms with Gasteiger partial charge in [-0.25, -0.2) is 13.4 Å². The molecule has 3 fully saturated rings. The Balaban J connectivity index is 1.23. The Labute approximate surface area is 226 Å². The second-order valence-corrected chi connectivity index (χ2v) is 13.3. The van der Waals surface area contributed by atoms with Gasteiger partial charge in [-0.15, -0.1) is 0 Å². The second-order valence-electron chi connectivity index (χ2n) is 11.5. The molecule has 38 heavy (non-hydrogen) atoms. The van der Waals surface area contributed by atoms with Gasteiger partial charge >= 0.3 is 0 Å². The number of hydrogen-bond acceptors (Lipinski definition) is 7. The monoisotopic (exact) mass is 544 g/mol. The summed E-state index contributed by atoms with van der Waals surface area (Å²) in [6, 6.07) is 3.84. The van der Waals surface area contributed by atoms with E-state index in [4.69, 9.17) is 4.74 Å². The summed E-state index contributed by atoms with van der Waals surface area (Å²) in [5.74, 6) is 1.95. The Morgan fingerprint density at radius 2 is 1.76 bits per heavy atom. The molecule has 2 N–H and O–H groups in total. The largest absolute Gasteiger partial charge is 0.370 e. The third-order valence-electron chi connectivity index (χ3n) is 8.79. The molecule has 1 aromatic carbocycles. The molecule has 3 heterocycles. The lowest BCUT2D eigenvalue weighted by molar-refractivity contribution is -0.125. The molecule has 1 unspecified atom stereocenters. The van der Waals surface area contributed by atoms with Crippen molar-refractivity contribution in [1.29, 1.82) is 0 Å². The lowest BCUT2D eigenvalue weighted by Gasteiger charge is -2.40. The Morgan fingerprint density at radius 3 is 2.39 bits per heavy atom. The number of sulfonamides is 1. The van der Waals surface area contributed by atoms with E-state index < -0.39 is 21.8 Å². The molecule has 1 spiro atoms. The highest BCUT2D eigenvalue weighted by molar-refractivity contribution is 7.92. The van der Waals surface area contributed by atoms with Crippen molar-refractivity contribution in [2.75, 3.05) is 37.7 Å². The molecule has 2 saturated heterocycles. The zero-order valence-electron chi connectivity index (χ0n) is 22.6. The van der Waals surface area contributed by atoms with Gasteiger partial charge in [0.2, 0.25) is 10.0 Å². The average molecular weight is 545 g/mol. The van der Waals surface area contributed by atoms with Gasteiger partial charge in [-0.2, -0.15) is 4.31 Å². The summed E-state index contributed by atoms with van der Waals surface area (Å²) in [7, 11) is -3.63. The van der Waals surface area contributed by atoms with Crippen LogP contribution >= 0.6 is 0 Å². The van der Waals surface area contributed by atoms with Gasteiger partial charge in [-0.05, 0) is 80.3 Å². The summed E-state index contributed by atoms with van der Waals surface area (Å²) in [5, 5.41) is 15.7. The van der Waals surface area contributed by atoms with Crippen molar-refractivity contribution in [3.05, 3.63) is 34.2 Å². The number of ether oxygens (including phenoxy) is 1. The zero-order chi connectivity index (χ0) is 27.1. The minimum Gasteiger partial charge on any atom is -0.370 e. The van der Waals surface area contributed by atoms with Crippen LogP contribution in [0.5, 0.6) is 0 Å². The van der Waals surface area contributed by atoms with Crippen LogP contribution in [0.1, 0.15) is 62.1 Å². The van der Waals surface area contributed by atoms with Crippen LogP contribution in [-0.2, 0) is 19.6 Å². The molecule has 0 aromatic heterocycles. The van der Waals surface area contributed by atoms with Crippen LogP contribution in [0, 0.1) is 25.7 Å². The van der Waals surface area contributed by atoms with Gasteiger partial charge in [0.05, 0.1) is 12.1 Å². The number of nitrogens with one attached hydrogen (secondary N) is 1. The SMILES string of the molecule is Cc1cc(N2CCOCC2=O)cc(C)c1/C=C/S(=O)(=O)N1CCC2(CC1)NC(C1CCC(C)CC1)=NC2O. The first-order valence-electron chi connectivity index (χ1n) is 13.8. The third-order valence-corrected chi connectivity index (χ3v) is 10.4. The number of amides is 1. The summed E-state index contributed by atoms with van der Waals surface area (Å²) < 4.78 is 33.2. The highest BCUT2D eigenvalue weighted by Crippen LogP contribution is 2.36. The van der Waals surface area contributed by atoms with Crippen molar-refractivity contribution in [1.82, 2.24) is 9.62 Å². The minimum absolute atomic E-state index is 0.0727. The fourth-order valence-corrected chi connectivity index (χ4v) is 7.44. The molecule has 1 aromatic rings. The molecular formula is C28H40N4O5S. The number of hydrogen-bond donors (Lipinski definition) is 2. The third kappa shape index (κ3) is 5.41. The smallest absolute Gasteiger partial charge is 0.253 e. The highest BCUT2D eigenvalue weighted by Gasteiger charge is 2.48. The standard InChI is InChI=1S/C28H40N4O5S/c1-19-4-6-22(7-5-19)26-29-27(34)28(30-26)9-11-31(12-10-28)38(35,36)15-8-24-20(2)16-23(17-21(24)3)32-13-14-37-18-25(32)33/h8,15-17,19,22,27,34H,4-7,9-14,18H2,1-3H3,(H,29,30)/b15-8+. The first-order chi connectivity index (χ1) is 18.1. The van der Waals surface area contributed by atoms with Crippen LogP contribution in [-0.4, -0.2) is 74.2 Å². The lowest BCUT2D eigenvalue weighted by Crippen LogP contribution is -2.58. The molecule has 4 aliphatic rings. The van der Waals surface area contributed by atoms with Gasteiger partial charge in [0.25, 0.3) is 5.91 Å². The van der Waals surface area contributed by atoms with Gasteiger partial charge in [0.1, 0.15) is 12.4 Å². The summed E-state index contributed by atoms with van der Waals surface area (Å²) in [5.41, 5.74) is 2.88. The number of amidine groups is 1. The Kier molecular flexibility index (Phi) is 7.70. The van der Waals surface area contributed by atoms with Crippen molar-refractivity contribution < 1.29 is 23.1 Å². The summed E-state index contributed by atoms with van der Waals surface area (Å²) in [6.45, 7) is 7.89. The molecule has 1 amide bonds. The van der Waals surface area contributed by atoms with E-state index in [9.17, 15) is 18.3 Å². The number of aliphatic hydroxyl groups excluding tert-OH is 1. The molecule has 208 valence electrons. The molecule has 1 atom stereocenters. The molecule has 1 saturated carbocycles. The number of carbonyl (C=O) groups excluding carboxylic acids is 1. The Bertz CT molecular complexity index is 1200. The van der Waals surface area contributed by atoms with Crippen LogP contribution in [0.15, 0.2) is 22.5 Å². The van der Waals surface area contributed by atoms with E-state index in [1.165, 1.54) is 22.6 Å². The van der Waals surface area contributed by atoms with E-state index in [0.717, 1.165) is 47.0 Å². The highest BCUT2D eigenvalue weighted by atomic mass is 32.2. The van der Waals surface area contributed by atoms with Crippen LogP contribution < -0.4 is 10.2 Å².